The van der Waals surface area contributed by atoms with Crippen LogP contribution in [0.15, 0.2) is 52.4 Å². The summed E-state index contributed by atoms with van der Waals surface area (Å²) in [6, 6.07) is 9.80. The van der Waals surface area contributed by atoms with Crippen molar-refractivity contribution in [2.45, 2.75) is 47.1 Å². The summed E-state index contributed by atoms with van der Waals surface area (Å²) in [5.41, 5.74) is 1.81. The number of oxime groups is 1. The van der Waals surface area contributed by atoms with Crippen LogP contribution in [0.2, 0.25) is 0 Å². The van der Waals surface area contributed by atoms with Gasteiger partial charge in [0.2, 0.25) is 0 Å². The van der Waals surface area contributed by atoms with Gasteiger partial charge in [0.15, 0.2) is 6.73 Å². The summed E-state index contributed by atoms with van der Waals surface area (Å²) in [6.45, 7) is 9.78. The lowest BCUT2D eigenvalue weighted by atomic mass is 9.96. The van der Waals surface area contributed by atoms with Gasteiger partial charge in [-0.3, -0.25) is 9.79 Å². The summed E-state index contributed by atoms with van der Waals surface area (Å²) < 4.78 is 18.3. The van der Waals surface area contributed by atoms with Gasteiger partial charge in [0.25, 0.3) is 0 Å². The molecule has 0 saturated heterocycles. The number of ether oxygens (including phenoxy) is 1. The predicted molar refractivity (Wildman–Crippen MR) is 123 cm³/mol. The van der Waals surface area contributed by atoms with Crippen LogP contribution in [0.3, 0.4) is 0 Å². The van der Waals surface area contributed by atoms with Crippen molar-refractivity contribution in [3.8, 4) is 0 Å². The number of aliphatic hydroxyl groups excluding tert-OH is 1. The van der Waals surface area contributed by atoms with Crippen molar-refractivity contribution in [1.29, 1.82) is 0 Å². The van der Waals surface area contributed by atoms with Crippen LogP contribution < -0.4 is 0 Å². The molecule has 0 bridgehead atoms. The number of hydrogen-bond acceptors (Lipinski definition) is 7. The summed E-state index contributed by atoms with van der Waals surface area (Å²) in [7, 11) is 2.72. The maximum Gasteiger partial charge on any atom is 0.303 e. The highest BCUT2D eigenvalue weighted by Crippen LogP contribution is 2.15. The zero-order valence-electron chi connectivity index (χ0n) is 19.6. The molecule has 31 heavy (non-hydrogen) atoms. The number of aliphatic imine (C=N–C) groups is 1. The molecule has 0 spiro atoms. The predicted octanol–water partition coefficient (Wildman–Crippen LogP) is 4.17. The Bertz CT molecular complexity index is 734. The molecule has 8 heteroatoms. The van der Waals surface area contributed by atoms with Gasteiger partial charge >= 0.3 is 5.97 Å². The van der Waals surface area contributed by atoms with Crippen LogP contribution in [0, 0.1) is 5.92 Å². The summed E-state index contributed by atoms with van der Waals surface area (Å²) >= 11 is 0. The Balaban J connectivity index is 0.000000564. The van der Waals surface area contributed by atoms with Gasteiger partial charge in [0.1, 0.15) is 17.8 Å². The fourth-order valence-corrected chi connectivity index (χ4v) is 2.69. The van der Waals surface area contributed by atoms with E-state index in [1.54, 1.807) is 24.9 Å². The minimum absolute atomic E-state index is 0.127. The van der Waals surface area contributed by atoms with Crippen molar-refractivity contribution in [2.75, 3.05) is 27.4 Å². The third-order valence-corrected chi connectivity index (χ3v) is 4.11. The molecule has 7 nitrogen and oxygen atoms in total. The highest BCUT2D eigenvalue weighted by molar-refractivity contribution is 6.04. The van der Waals surface area contributed by atoms with Crippen LogP contribution in [-0.2, 0) is 14.4 Å². The normalized spacial score (nSPS) is 14.5. The minimum Gasteiger partial charge on any atom is -0.456 e. The number of esters is 1. The van der Waals surface area contributed by atoms with Crippen molar-refractivity contribution in [1.82, 2.24) is 4.90 Å². The number of carbonyl (C=O) groups excluding carboxylic acids is 1. The van der Waals surface area contributed by atoms with E-state index in [9.17, 15) is 9.18 Å². The Morgan fingerprint density at radius 3 is 2.39 bits per heavy atom. The molecule has 2 rings (SSSR count). The zero-order valence-corrected chi connectivity index (χ0v) is 19.6. The minimum atomic E-state index is -0.292. The molecule has 1 unspecified atom stereocenters. The van der Waals surface area contributed by atoms with E-state index in [1.165, 1.54) is 6.92 Å². The van der Waals surface area contributed by atoms with Crippen molar-refractivity contribution < 1.29 is 23.9 Å². The third kappa shape index (κ3) is 10.7. The van der Waals surface area contributed by atoms with Crippen LogP contribution >= 0.6 is 0 Å². The fraction of sp³-hybridized carbons (Fsp3) is 0.522. The van der Waals surface area contributed by atoms with E-state index in [2.05, 4.69) is 10.1 Å². The van der Waals surface area contributed by atoms with E-state index in [0.29, 0.717) is 6.73 Å². The average molecular weight is 438 g/mol. The smallest absolute Gasteiger partial charge is 0.303 e. The number of rotatable bonds is 7. The highest BCUT2D eigenvalue weighted by Gasteiger charge is 2.23. The number of carbonyl (C=O) groups is 1. The molecular formula is C23H36FN3O4. The molecule has 1 aliphatic heterocycles. The first-order chi connectivity index (χ1) is 14.8. The van der Waals surface area contributed by atoms with Crippen molar-refractivity contribution >= 4 is 17.5 Å². The van der Waals surface area contributed by atoms with E-state index >= 15 is 0 Å². The maximum absolute atomic E-state index is 12.9. The average Bonchev–Trinajstić information content (AvgIpc) is 3.15. The number of benzene rings is 1. The van der Waals surface area contributed by atoms with Gasteiger partial charge in [-0.2, -0.15) is 0 Å². The Morgan fingerprint density at radius 1 is 1.35 bits per heavy atom. The Morgan fingerprint density at radius 2 is 1.97 bits per heavy atom. The van der Waals surface area contributed by atoms with Crippen molar-refractivity contribution in [2.24, 2.45) is 16.1 Å². The summed E-state index contributed by atoms with van der Waals surface area (Å²) in [4.78, 5) is 21.9. The SMILES string of the molecule is CC/C=C(/F)CN1CON=C1C.CN=C(c1ccccc1)C(OC(C)=O)C(C)C.CO. The second-order valence-electron chi connectivity index (χ2n) is 6.90. The topological polar surface area (TPSA) is 83.7 Å². The fourth-order valence-electron chi connectivity index (χ4n) is 2.69. The van der Waals surface area contributed by atoms with Gasteiger partial charge in [0.05, 0.1) is 12.3 Å². The monoisotopic (exact) mass is 437 g/mol. The van der Waals surface area contributed by atoms with Crippen LogP contribution in [0.1, 0.15) is 46.6 Å². The molecule has 1 aromatic rings. The number of allylic oxidation sites excluding steroid dienone is 1. The van der Waals surface area contributed by atoms with Gasteiger partial charge in [-0.25, -0.2) is 4.39 Å². The lowest BCUT2D eigenvalue weighted by Crippen LogP contribution is -2.32. The van der Waals surface area contributed by atoms with Crippen LogP contribution in [0.4, 0.5) is 4.39 Å². The first kappa shape index (κ1) is 28.3. The molecule has 1 aliphatic rings. The number of aliphatic hydroxyl groups is 1. The molecule has 0 aliphatic carbocycles. The molecule has 1 aromatic carbocycles. The first-order valence-corrected chi connectivity index (χ1v) is 10.2. The lowest BCUT2D eigenvalue weighted by Gasteiger charge is -2.22. The Hall–Kier alpha value is -2.74. The number of halogens is 1. The van der Waals surface area contributed by atoms with Crippen LogP contribution in [-0.4, -0.2) is 61.1 Å². The summed E-state index contributed by atoms with van der Waals surface area (Å²) in [6.07, 6.45) is 1.99. The highest BCUT2D eigenvalue weighted by atomic mass is 19.1. The Labute approximate surface area is 185 Å². The zero-order chi connectivity index (χ0) is 23.8. The van der Waals surface area contributed by atoms with Gasteiger partial charge in [-0.15, -0.1) is 0 Å². The van der Waals surface area contributed by atoms with Gasteiger partial charge in [0, 0.05) is 21.1 Å². The quantitative estimate of drug-likeness (QED) is 0.511. The van der Waals surface area contributed by atoms with Crippen molar-refractivity contribution in [3.63, 3.8) is 0 Å². The Kier molecular flexibility index (Phi) is 14.6. The molecule has 1 atom stereocenters. The third-order valence-electron chi connectivity index (χ3n) is 4.11. The molecule has 0 radical (unpaired) electrons. The molecule has 0 amide bonds. The van der Waals surface area contributed by atoms with Gasteiger partial charge in [-0.1, -0.05) is 62.3 Å². The van der Waals surface area contributed by atoms with E-state index in [0.717, 1.165) is 30.6 Å². The molecule has 0 aromatic heterocycles. The molecular weight excluding hydrogens is 401 g/mol. The second kappa shape index (κ2) is 16.0. The lowest BCUT2D eigenvalue weighted by molar-refractivity contribution is -0.144. The largest absolute Gasteiger partial charge is 0.456 e. The van der Waals surface area contributed by atoms with Gasteiger partial charge < -0.3 is 19.6 Å². The summed E-state index contributed by atoms with van der Waals surface area (Å²) in [5, 5.41) is 10.7. The van der Waals surface area contributed by atoms with Crippen LogP contribution in [0.5, 0.6) is 0 Å². The van der Waals surface area contributed by atoms with Crippen LogP contribution in [0.25, 0.3) is 0 Å². The molecule has 0 saturated carbocycles. The number of amidine groups is 1. The first-order valence-electron chi connectivity index (χ1n) is 10.2. The standard InChI is InChI=1S/C14H19NO2.C8H13FN2O.CH4O/c1-10(2)14(17-11(3)16)13(15-4)12-8-6-5-7-9-12;1-3-4-8(9)5-11-6-12-10-7(11)2;1-2/h5-10,14H,1-4H3;4H,3,5-6H2,1-2H3;2H,1H3/b;8-4+;. The maximum atomic E-state index is 12.9. The van der Waals surface area contributed by atoms with E-state index in [-0.39, 0.29) is 30.4 Å². The van der Waals surface area contributed by atoms with E-state index in [4.69, 9.17) is 14.7 Å². The van der Waals surface area contributed by atoms with Crippen molar-refractivity contribution in [3.05, 3.63) is 47.8 Å². The summed E-state index contributed by atoms with van der Waals surface area (Å²) in [5.74, 6) is 0.519. The molecule has 1 N–H and O–H groups in total. The second-order valence-corrected chi connectivity index (χ2v) is 6.90. The number of nitrogens with zero attached hydrogens (tertiary/aromatic N) is 3. The van der Waals surface area contributed by atoms with E-state index in [1.807, 2.05) is 51.1 Å². The molecule has 1 heterocycles. The van der Waals surface area contributed by atoms with E-state index < -0.39 is 0 Å². The molecule has 0 fully saturated rings. The molecule has 174 valence electrons. The van der Waals surface area contributed by atoms with Gasteiger partial charge in [-0.05, 0) is 24.8 Å². The number of hydrogen-bond donors (Lipinski definition) is 1.